The standard InChI is InChI=1S/C18H13Cl3O3/c19-13-7-5-11(6-8-13)16(22)14-3-1-2-4-15(14)17(23)24-10-12-9-18(12,20)21/h1-8,12H,9-10H2. The fourth-order valence-corrected chi connectivity index (χ4v) is 2.94. The van der Waals surface area contributed by atoms with E-state index in [1.807, 2.05) is 0 Å². The zero-order chi connectivity index (χ0) is 17.3. The number of ketones is 1. The third kappa shape index (κ3) is 3.75. The van der Waals surface area contributed by atoms with Crippen LogP contribution in [0.15, 0.2) is 48.5 Å². The zero-order valence-corrected chi connectivity index (χ0v) is 14.7. The van der Waals surface area contributed by atoms with Gasteiger partial charge in [-0.25, -0.2) is 4.79 Å². The van der Waals surface area contributed by atoms with E-state index in [1.54, 1.807) is 48.5 Å². The molecule has 1 saturated carbocycles. The predicted molar refractivity (Wildman–Crippen MR) is 94.2 cm³/mol. The molecule has 3 nitrogen and oxygen atoms in total. The van der Waals surface area contributed by atoms with Crippen LogP contribution in [0.25, 0.3) is 0 Å². The molecule has 0 bridgehead atoms. The highest BCUT2D eigenvalue weighted by Crippen LogP contribution is 2.53. The molecular formula is C18H13Cl3O3. The Hall–Kier alpha value is -1.55. The molecule has 0 radical (unpaired) electrons. The van der Waals surface area contributed by atoms with E-state index in [9.17, 15) is 9.59 Å². The van der Waals surface area contributed by atoms with Crippen molar-refractivity contribution in [1.82, 2.24) is 0 Å². The number of ether oxygens (including phenoxy) is 1. The van der Waals surface area contributed by atoms with Gasteiger partial charge in [-0.15, -0.1) is 23.2 Å². The van der Waals surface area contributed by atoms with Crippen molar-refractivity contribution < 1.29 is 14.3 Å². The highest BCUT2D eigenvalue weighted by molar-refractivity contribution is 6.50. The molecule has 24 heavy (non-hydrogen) atoms. The topological polar surface area (TPSA) is 43.4 Å². The molecule has 2 aromatic carbocycles. The van der Waals surface area contributed by atoms with Crippen LogP contribution in [0.3, 0.4) is 0 Å². The quantitative estimate of drug-likeness (QED) is 0.418. The summed E-state index contributed by atoms with van der Waals surface area (Å²) in [7, 11) is 0. The Morgan fingerprint density at radius 1 is 1.04 bits per heavy atom. The maximum Gasteiger partial charge on any atom is 0.338 e. The Morgan fingerprint density at radius 2 is 1.62 bits per heavy atom. The fraction of sp³-hybridized carbons (Fsp3) is 0.222. The lowest BCUT2D eigenvalue weighted by Gasteiger charge is -2.09. The Morgan fingerprint density at radius 3 is 2.21 bits per heavy atom. The van der Waals surface area contributed by atoms with Crippen molar-refractivity contribution in [1.29, 1.82) is 0 Å². The molecule has 1 aliphatic rings. The van der Waals surface area contributed by atoms with Crippen LogP contribution in [0.4, 0.5) is 0 Å². The number of hydrogen-bond donors (Lipinski definition) is 0. The largest absolute Gasteiger partial charge is 0.462 e. The van der Waals surface area contributed by atoms with Gasteiger partial charge >= 0.3 is 5.97 Å². The number of halogens is 3. The Kier molecular flexibility index (Phi) is 4.86. The zero-order valence-electron chi connectivity index (χ0n) is 12.5. The van der Waals surface area contributed by atoms with E-state index < -0.39 is 10.3 Å². The summed E-state index contributed by atoms with van der Waals surface area (Å²) in [6.07, 6.45) is 0.592. The van der Waals surface area contributed by atoms with Crippen LogP contribution in [0.2, 0.25) is 5.02 Å². The van der Waals surface area contributed by atoms with Crippen molar-refractivity contribution in [2.45, 2.75) is 10.8 Å². The summed E-state index contributed by atoms with van der Waals surface area (Å²) in [6, 6.07) is 13.0. The van der Waals surface area contributed by atoms with Crippen molar-refractivity contribution >= 4 is 46.6 Å². The van der Waals surface area contributed by atoms with E-state index in [2.05, 4.69) is 0 Å². The molecule has 124 valence electrons. The second-order valence-electron chi connectivity index (χ2n) is 5.64. The Balaban J connectivity index is 1.78. The van der Waals surface area contributed by atoms with Crippen LogP contribution in [-0.4, -0.2) is 22.7 Å². The SMILES string of the molecule is O=C(OCC1CC1(Cl)Cl)c1ccccc1C(=O)c1ccc(Cl)cc1. The van der Waals surface area contributed by atoms with Gasteiger partial charge in [0.1, 0.15) is 4.33 Å². The lowest BCUT2D eigenvalue weighted by Crippen LogP contribution is -2.14. The molecule has 3 rings (SSSR count). The molecule has 0 aromatic heterocycles. The molecule has 1 fully saturated rings. The van der Waals surface area contributed by atoms with Gasteiger partial charge in [0.05, 0.1) is 12.2 Å². The van der Waals surface area contributed by atoms with Crippen molar-refractivity contribution in [3.05, 3.63) is 70.2 Å². The van der Waals surface area contributed by atoms with Crippen LogP contribution in [0.5, 0.6) is 0 Å². The molecule has 1 atom stereocenters. The van der Waals surface area contributed by atoms with Crippen LogP contribution < -0.4 is 0 Å². The van der Waals surface area contributed by atoms with E-state index >= 15 is 0 Å². The number of esters is 1. The molecule has 2 aromatic rings. The average molecular weight is 384 g/mol. The molecule has 0 spiro atoms. The third-order valence-corrected chi connectivity index (χ3v) is 5.05. The van der Waals surface area contributed by atoms with Gasteiger partial charge in [0.25, 0.3) is 0 Å². The van der Waals surface area contributed by atoms with Gasteiger partial charge in [-0.05, 0) is 36.8 Å². The average Bonchev–Trinajstić information content (AvgIpc) is 3.19. The number of rotatable bonds is 5. The monoisotopic (exact) mass is 382 g/mol. The fourth-order valence-electron chi connectivity index (χ4n) is 2.32. The second-order valence-corrected chi connectivity index (χ2v) is 7.62. The minimum atomic E-state index is -0.807. The highest BCUT2D eigenvalue weighted by Gasteiger charge is 2.52. The summed E-state index contributed by atoms with van der Waals surface area (Å²) in [5.41, 5.74) is 0.943. The second kappa shape index (κ2) is 6.75. The first-order valence-electron chi connectivity index (χ1n) is 7.33. The van der Waals surface area contributed by atoms with Gasteiger partial charge in [-0.2, -0.15) is 0 Å². The molecule has 6 heteroatoms. The molecule has 0 N–H and O–H groups in total. The summed E-state index contributed by atoms with van der Waals surface area (Å²) in [6.45, 7) is 0.134. The smallest absolute Gasteiger partial charge is 0.338 e. The van der Waals surface area contributed by atoms with Gasteiger partial charge in [0.15, 0.2) is 5.78 Å². The summed E-state index contributed by atoms with van der Waals surface area (Å²) < 4.78 is 4.45. The van der Waals surface area contributed by atoms with Crippen LogP contribution in [0.1, 0.15) is 32.7 Å². The molecule has 0 heterocycles. The van der Waals surface area contributed by atoms with E-state index in [4.69, 9.17) is 39.5 Å². The van der Waals surface area contributed by atoms with E-state index in [-0.39, 0.29) is 29.4 Å². The predicted octanol–water partition coefficient (Wildman–Crippen LogP) is 4.92. The van der Waals surface area contributed by atoms with Gasteiger partial charge < -0.3 is 4.74 Å². The van der Waals surface area contributed by atoms with Crippen molar-refractivity contribution in [2.24, 2.45) is 5.92 Å². The molecular weight excluding hydrogens is 371 g/mol. The summed E-state index contributed by atoms with van der Waals surface area (Å²) in [5, 5.41) is 0.536. The van der Waals surface area contributed by atoms with E-state index in [0.717, 1.165) is 0 Å². The molecule has 1 unspecified atom stereocenters. The minimum Gasteiger partial charge on any atom is -0.462 e. The minimum absolute atomic E-state index is 0.0658. The number of benzene rings is 2. The third-order valence-electron chi connectivity index (χ3n) is 3.87. The van der Waals surface area contributed by atoms with E-state index in [1.165, 1.54) is 0 Å². The lowest BCUT2D eigenvalue weighted by atomic mass is 9.98. The normalized spacial score (nSPS) is 18.0. The number of carbonyl (C=O) groups excluding carboxylic acids is 2. The Labute approximate surface area is 154 Å². The van der Waals surface area contributed by atoms with Crippen LogP contribution in [0, 0.1) is 5.92 Å². The van der Waals surface area contributed by atoms with E-state index in [0.29, 0.717) is 17.0 Å². The van der Waals surface area contributed by atoms with Gasteiger partial charge in [-0.3, -0.25) is 4.79 Å². The first kappa shape index (κ1) is 17.3. The maximum absolute atomic E-state index is 12.6. The maximum atomic E-state index is 12.6. The van der Waals surface area contributed by atoms with Gasteiger partial charge in [-0.1, -0.05) is 29.8 Å². The van der Waals surface area contributed by atoms with Crippen molar-refractivity contribution in [3.63, 3.8) is 0 Å². The van der Waals surface area contributed by atoms with Crippen molar-refractivity contribution in [2.75, 3.05) is 6.61 Å². The molecule has 0 aliphatic heterocycles. The summed E-state index contributed by atoms with van der Waals surface area (Å²) in [4.78, 5) is 25.0. The Bertz CT molecular complexity index is 784. The number of hydrogen-bond acceptors (Lipinski definition) is 3. The van der Waals surface area contributed by atoms with Crippen LogP contribution >= 0.6 is 34.8 Å². The molecule has 0 saturated heterocycles. The summed E-state index contributed by atoms with van der Waals surface area (Å²) in [5.74, 6) is -0.900. The molecule has 1 aliphatic carbocycles. The lowest BCUT2D eigenvalue weighted by molar-refractivity contribution is 0.0482. The summed E-state index contributed by atoms with van der Waals surface area (Å²) >= 11 is 17.7. The van der Waals surface area contributed by atoms with Crippen molar-refractivity contribution in [3.8, 4) is 0 Å². The van der Waals surface area contributed by atoms with Gasteiger partial charge in [0.2, 0.25) is 0 Å². The van der Waals surface area contributed by atoms with Gasteiger partial charge in [0, 0.05) is 22.1 Å². The molecule has 0 amide bonds. The first-order chi connectivity index (χ1) is 11.4. The van der Waals surface area contributed by atoms with Crippen LogP contribution in [-0.2, 0) is 4.74 Å². The number of alkyl halides is 2. The first-order valence-corrected chi connectivity index (χ1v) is 8.46. The highest BCUT2D eigenvalue weighted by atomic mass is 35.5. The number of carbonyl (C=O) groups is 2.